The molecule has 0 radical (unpaired) electrons. The summed E-state index contributed by atoms with van der Waals surface area (Å²) < 4.78 is 88.2. The summed E-state index contributed by atoms with van der Waals surface area (Å²) in [6.45, 7) is 1.09. The van der Waals surface area contributed by atoms with Gasteiger partial charge in [0, 0.05) is 41.4 Å². The van der Waals surface area contributed by atoms with Crippen LogP contribution in [0.1, 0.15) is 39.9 Å². The minimum absolute atomic E-state index is 0.0477. The van der Waals surface area contributed by atoms with Crippen LogP contribution in [0.4, 0.5) is 26.3 Å². The van der Waals surface area contributed by atoms with E-state index in [1.54, 1.807) is 0 Å². The van der Waals surface area contributed by atoms with Gasteiger partial charge >= 0.3 is 12.4 Å². The molecule has 0 saturated carbocycles. The molecule has 0 aliphatic rings. The molecule has 0 aliphatic heterocycles. The molecule has 1 N–H and O–H groups in total. The maximum absolute atomic E-state index is 14.1. The number of aryl methyl sites for hydroxylation is 1. The number of rotatable bonds is 6. The largest absolute Gasteiger partial charge is 0.457 e. The van der Waals surface area contributed by atoms with Crippen LogP contribution in [0.5, 0.6) is 11.5 Å². The number of hydrogen-bond donors (Lipinski definition) is 1. The van der Waals surface area contributed by atoms with Gasteiger partial charge in [-0.25, -0.2) is 0 Å². The summed E-state index contributed by atoms with van der Waals surface area (Å²) in [7, 11) is 1.23. The van der Waals surface area contributed by atoms with Crippen LogP contribution in [-0.2, 0) is 18.8 Å². The lowest BCUT2D eigenvalue weighted by molar-refractivity contribution is -0.274. The number of aliphatic hydroxyl groups is 1. The van der Waals surface area contributed by atoms with E-state index >= 15 is 0 Å². The van der Waals surface area contributed by atoms with Gasteiger partial charge in [0.2, 0.25) is 5.56 Å². The SMILES string of the molecule is CC(c1ccc(Oc2ccc(C=O)c(C(F)(F)F)c2)cc1Cl)C(O)(c1ccc(=O)n(C)c1)C(F)(F)F. The van der Waals surface area contributed by atoms with Gasteiger partial charge in [0.05, 0.1) is 5.56 Å². The van der Waals surface area contributed by atoms with Crippen molar-refractivity contribution in [2.24, 2.45) is 7.05 Å². The van der Waals surface area contributed by atoms with Gasteiger partial charge in [0.15, 0.2) is 11.9 Å². The van der Waals surface area contributed by atoms with Crippen molar-refractivity contribution in [3.05, 3.63) is 92.4 Å². The number of aldehydes is 1. The van der Waals surface area contributed by atoms with Crippen LogP contribution in [0, 0.1) is 0 Å². The van der Waals surface area contributed by atoms with Gasteiger partial charge in [-0.15, -0.1) is 0 Å². The van der Waals surface area contributed by atoms with Crippen molar-refractivity contribution < 1.29 is 41.0 Å². The van der Waals surface area contributed by atoms with Crippen LogP contribution in [-0.4, -0.2) is 22.1 Å². The zero-order chi connectivity index (χ0) is 27.1. The maximum Gasteiger partial charge on any atom is 0.422 e. The van der Waals surface area contributed by atoms with Crippen LogP contribution in [0.25, 0.3) is 0 Å². The van der Waals surface area contributed by atoms with Crippen molar-refractivity contribution in [2.45, 2.75) is 30.8 Å². The Balaban J connectivity index is 1.99. The van der Waals surface area contributed by atoms with Crippen molar-refractivity contribution in [3.8, 4) is 11.5 Å². The Bertz CT molecular complexity index is 1350. The fraction of sp³-hybridized carbons (Fsp3) is 0.250. The Morgan fingerprint density at radius 2 is 1.61 bits per heavy atom. The van der Waals surface area contributed by atoms with Gasteiger partial charge in [-0.3, -0.25) is 9.59 Å². The third-order valence-electron chi connectivity index (χ3n) is 5.72. The molecule has 192 valence electrons. The number of hydrogen-bond acceptors (Lipinski definition) is 4. The van der Waals surface area contributed by atoms with Crippen LogP contribution in [0.2, 0.25) is 5.02 Å². The highest BCUT2D eigenvalue weighted by Gasteiger charge is 2.59. The van der Waals surface area contributed by atoms with Crippen molar-refractivity contribution in [2.75, 3.05) is 0 Å². The highest BCUT2D eigenvalue weighted by Crippen LogP contribution is 2.50. The second kappa shape index (κ2) is 9.62. The summed E-state index contributed by atoms with van der Waals surface area (Å²) in [6.07, 6.45) is -9.07. The zero-order valence-electron chi connectivity index (χ0n) is 18.6. The van der Waals surface area contributed by atoms with E-state index in [2.05, 4.69) is 0 Å². The minimum atomic E-state index is -5.17. The Morgan fingerprint density at radius 1 is 1.00 bits per heavy atom. The van der Waals surface area contributed by atoms with E-state index in [-0.39, 0.29) is 28.4 Å². The summed E-state index contributed by atoms with van der Waals surface area (Å²) >= 11 is 6.20. The Morgan fingerprint density at radius 3 is 2.14 bits per heavy atom. The van der Waals surface area contributed by atoms with Crippen molar-refractivity contribution in [1.29, 1.82) is 0 Å². The number of halogens is 7. The lowest BCUT2D eigenvalue weighted by Gasteiger charge is -2.37. The van der Waals surface area contributed by atoms with Crippen LogP contribution in [0.15, 0.2) is 59.5 Å². The Labute approximate surface area is 205 Å². The number of carbonyl (C=O) groups excluding carboxylic acids is 1. The number of carbonyl (C=O) groups is 1. The number of pyridine rings is 1. The van der Waals surface area contributed by atoms with Gasteiger partial charge in [-0.2, -0.15) is 26.3 Å². The molecule has 2 atom stereocenters. The second-order valence-electron chi connectivity index (χ2n) is 8.00. The molecule has 1 aromatic heterocycles. The highest BCUT2D eigenvalue weighted by atomic mass is 35.5. The molecule has 0 saturated heterocycles. The fourth-order valence-corrected chi connectivity index (χ4v) is 4.04. The molecular weight excluding hydrogens is 516 g/mol. The van der Waals surface area contributed by atoms with Crippen molar-refractivity contribution in [3.63, 3.8) is 0 Å². The third kappa shape index (κ3) is 5.12. The first-order chi connectivity index (χ1) is 16.6. The first-order valence-corrected chi connectivity index (χ1v) is 10.6. The minimum Gasteiger partial charge on any atom is -0.457 e. The van der Waals surface area contributed by atoms with Crippen molar-refractivity contribution in [1.82, 2.24) is 4.57 Å². The number of aromatic nitrogens is 1. The molecule has 3 rings (SSSR count). The van der Waals surface area contributed by atoms with Crippen LogP contribution in [0.3, 0.4) is 0 Å². The van der Waals surface area contributed by atoms with Gasteiger partial charge in [0.25, 0.3) is 0 Å². The average molecular weight is 534 g/mol. The lowest BCUT2D eigenvalue weighted by Crippen LogP contribution is -2.47. The quantitative estimate of drug-likeness (QED) is 0.302. The second-order valence-corrected chi connectivity index (χ2v) is 8.41. The lowest BCUT2D eigenvalue weighted by atomic mass is 9.78. The van der Waals surface area contributed by atoms with Gasteiger partial charge in [0.1, 0.15) is 11.5 Å². The van der Waals surface area contributed by atoms with Crippen LogP contribution < -0.4 is 10.3 Å². The van der Waals surface area contributed by atoms with E-state index in [1.807, 2.05) is 0 Å². The molecule has 0 aliphatic carbocycles. The molecule has 0 fully saturated rings. The van der Waals surface area contributed by atoms with Crippen molar-refractivity contribution >= 4 is 17.9 Å². The smallest absolute Gasteiger partial charge is 0.422 e. The summed E-state index contributed by atoms with van der Waals surface area (Å²) in [5.41, 5.74) is -6.55. The average Bonchev–Trinajstić information content (AvgIpc) is 2.78. The number of nitrogens with zero attached hydrogens (tertiary/aromatic N) is 1. The molecule has 0 bridgehead atoms. The molecule has 0 amide bonds. The zero-order valence-corrected chi connectivity index (χ0v) is 19.4. The summed E-state index contributed by atoms with van der Waals surface area (Å²) in [5.74, 6) is -2.05. The first kappa shape index (κ1) is 27.3. The van der Waals surface area contributed by atoms with E-state index < -0.39 is 46.1 Å². The summed E-state index contributed by atoms with van der Waals surface area (Å²) in [6, 6.07) is 7.82. The molecule has 5 nitrogen and oxygen atoms in total. The molecule has 0 spiro atoms. The molecule has 3 aromatic rings. The fourth-order valence-electron chi connectivity index (χ4n) is 3.71. The van der Waals surface area contributed by atoms with Gasteiger partial charge in [-0.05, 0) is 42.0 Å². The summed E-state index contributed by atoms with van der Waals surface area (Å²) in [4.78, 5) is 22.5. The number of alkyl halides is 6. The standard InChI is InChI=1S/C24H18ClF6NO4/c1-13(22(35,24(29,30)31)15-4-8-21(34)32(2)11-15)18-7-6-17(10-20(18)25)36-16-5-3-14(12-33)19(9-16)23(26,27)28/h3-13,35H,1-2H3. The van der Waals surface area contributed by atoms with E-state index in [0.29, 0.717) is 6.07 Å². The van der Waals surface area contributed by atoms with Crippen LogP contribution >= 0.6 is 11.6 Å². The molecule has 36 heavy (non-hydrogen) atoms. The number of benzene rings is 2. The van der Waals surface area contributed by atoms with Gasteiger partial charge < -0.3 is 14.4 Å². The maximum atomic E-state index is 14.1. The van der Waals surface area contributed by atoms with Gasteiger partial charge in [-0.1, -0.05) is 24.6 Å². The third-order valence-corrected chi connectivity index (χ3v) is 6.04. The Kier molecular flexibility index (Phi) is 7.29. The van der Waals surface area contributed by atoms with E-state index in [4.69, 9.17) is 16.3 Å². The highest BCUT2D eigenvalue weighted by molar-refractivity contribution is 6.31. The molecular formula is C24H18ClF6NO4. The number of ether oxygens (including phenoxy) is 1. The molecule has 2 unspecified atom stereocenters. The predicted octanol–water partition coefficient (Wildman–Crippen LogP) is 6.22. The summed E-state index contributed by atoms with van der Waals surface area (Å²) in [5, 5.41) is 10.6. The topological polar surface area (TPSA) is 68.5 Å². The van der Waals surface area contributed by atoms with E-state index in [1.165, 1.54) is 13.1 Å². The Hall–Kier alpha value is -3.31. The predicted molar refractivity (Wildman–Crippen MR) is 118 cm³/mol. The molecule has 2 aromatic carbocycles. The normalized spacial score (nSPS) is 14.7. The van der Waals surface area contributed by atoms with E-state index in [9.17, 15) is 41.0 Å². The monoisotopic (exact) mass is 533 g/mol. The molecule has 12 heteroatoms. The first-order valence-electron chi connectivity index (χ1n) is 10.2. The molecule has 1 heterocycles. The van der Waals surface area contributed by atoms with E-state index in [0.717, 1.165) is 54.1 Å².